The largest absolute Gasteiger partial charge is 0.505 e. The molecule has 2 N–H and O–H groups in total. The number of aromatic hydroxyl groups is 1. The maximum atomic E-state index is 13.2. The van der Waals surface area contributed by atoms with E-state index in [0.717, 1.165) is 16.8 Å². The van der Waals surface area contributed by atoms with Gasteiger partial charge in [0.2, 0.25) is 12.3 Å². The van der Waals surface area contributed by atoms with E-state index in [4.69, 9.17) is 9.52 Å². The lowest BCUT2D eigenvalue weighted by Gasteiger charge is -2.07. The molecule has 0 spiro atoms. The Morgan fingerprint density at radius 1 is 1.14 bits per heavy atom. The SMILES string of the molecule is Oc1ccc(CNc2ccc(-c3nnco3)cc2)cc1F. The van der Waals surface area contributed by atoms with Crippen molar-refractivity contribution in [1.29, 1.82) is 0 Å². The van der Waals surface area contributed by atoms with Crippen molar-refractivity contribution in [3.8, 4) is 17.2 Å². The molecule has 0 saturated carbocycles. The summed E-state index contributed by atoms with van der Waals surface area (Å²) in [6, 6.07) is 11.8. The lowest BCUT2D eigenvalue weighted by Crippen LogP contribution is -1.99. The van der Waals surface area contributed by atoms with E-state index in [1.165, 1.54) is 18.5 Å². The quantitative estimate of drug-likeness (QED) is 0.770. The molecule has 21 heavy (non-hydrogen) atoms. The number of halogens is 1. The molecule has 3 rings (SSSR count). The van der Waals surface area contributed by atoms with E-state index >= 15 is 0 Å². The minimum absolute atomic E-state index is 0.345. The first-order valence-electron chi connectivity index (χ1n) is 6.30. The topological polar surface area (TPSA) is 71.2 Å². The Morgan fingerprint density at radius 3 is 2.62 bits per heavy atom. The van der Waals surface area contributed by atoms with Crippen molar-refractivity contribution in [1.82, 2.24) is 10.2 Å². The Balaban J connectivity index is 1.66. The maximum absolute atomic E-state index is 13.2. The van der Waals surface area contributed by atoms with Crippen LogP contribution < -0.4 is 5.32 Å². The fraction of sp³-hybridized carbons (Fsp3) is 0.0667. The van der Waals surface area contributed by atoms with Crippen LogP contribution in [0.5, 0.6) is 5.75 Å². The number of aromatic nitrogens is 2. The highest BCUT2D eigenvalue weighted by Gasteiger charge is 2.04. The molecule has 0 aliphatic heterocycles. The molecule has 2 aromatic carbocycles. The molecule has 0 atom stereocenters. The molecule has 1 heterocycles. The van der Waals surface area contributed by atoms with Gasteiger partial charge < -0.3 is 14.8 Å². The molecule has 0 amide bonds. The normalized spacial score (nSPS) is 10.5. The average molecular weight is 285 g/mol. The van der Waals surface area contributed by atoms with Gasteiger partial charge in [0, 0.05) is 17.8 Å². The van der Waals surface area contributed by atoms with E-state index in [2.05, 4.69) is 15.5 Å². The van der Waals surface area contributed by atoms with Gasteiger partial charge in [-0.3, -0.25) is 0 Å². The van der Waals surface area contributed by atoms with Crippen LogP contribution in [-0.2, 0) is 6.54 Å². The smallest absolute Gasteiger partial charge is 0.247 e. The Hall–Kier alpha value is -2.89. The molecule has 5 nitrogen and oxygen atoms in total. The number of benzene rings is 2. The van der Waals surface area contributed by atoms with Crippen molar-refractivity contribution in [2.24, 2.45) is 0 Å². The van der Waals surface area contributed by atoms with Gasteiger partial charge in [-0.2, -0.15) is 0 Å². The maximum Gasteiger partial charge on any atom is 0.247 e. The third-order valence-corrected chi connectivity index (χ3v) is 3.00. The van der Waals surface area contributed by atoms with E-state index in [1.807, 2.05) is 24.3 Å². The van der Waals surface area contributed by atoms with Gasteiger partial charge in [-0.15, -0.1) is 10.2 Å². The van der Waals surface area contributed by atoms with Gasteiger partial charge in [-0.25, -0.2) is 4.39 Å². The highest BCUT2D eigenvalue weighted by Crippen LogP contribution is 2.20. The first-order chi connectivity index (χ1) is 10.2. The summed E-state index contributed by atoms with van der Waals surface area (Å²) >= 11 is 0. The molecular formula is C15H12FN3O2. The number of phenolic OH excluding ortho intramolecular Hbond substituents is 1. The molecule has 1 aromatic heterocycles. The van der Waals surface area contributed by atoms with E-state index in [9.17, 15) is 4.39 Å². The molecule has 0 bridgehead atoms. The lowest BCUT2D eigenvalue weighted by atomic mass is 10.2. The van der Waals surface area contributed by atoms with Crippen LogP contribution in [0.3, 0.4) is 0 Å². The third-order valence-electron chi connectivity index (χ3n) is 3.00. The van der Waals surface area contributed by atoms with Crippen LogP contribution in [-0.4, -0.2) is 15.3 Å². The Bertz CT molecular complexity index is 727. The first kappa shape index (κ1) is 13.1. The number of nitrogens with one attached hydrogen (secondary N) is 1. The standard InChI is InChI=1S/C15H12FN3O2/c16-13-7-10(1-6-14(13)20)8-17-12-4-2-11(3-5-12)15-19-18-9-21-15/h1-7,9,17,20H,8H2. The van der Waals surface area contributed by atoms with Gasteiger partial charge >= 0.3 is 0 Å². The Labute approximate surface area is 120 Å². The monoisotopic (exact) mass is 285 g/mol. The summed E-state index contributed by atoms with van der Waals surface area (Å²) in [7, 11) is 0. The zero-order chi connectivity index (χ0) is 14.7. The van der Waals surface area contributed by atoms with Crippen LogP contribution in [0.2, 0.25) is 0 Å². The average Bonchev–Trinajstić information content (AvgIpc) is 3.03. The molecule has 0 aliphatic rings. The van der Waals surface area contributed by atoms with Crippen LogP contribution in [0.4, 0.5) is 10.1 Å². The summed E-state index contributed by atoms with van der Waals surface area (Å²) in [5.41, 5.74) is 2.45. The van der Waals surface area contributed by atoms with Crippen LogP contribution in [0, 0.1) is 5.82 Å². The van der Waals surface area contributed by atoms with E-state index in [-0.39, 0.29) is 5.75 Å². The van der Waals surface area contributed by atoms with Gasteiger partial charge in [0.1, 0.15) is 0 Å². The molecule has 0 saturated heterocycles. The zero-order valence-corrected chi connectivity index (χ0v) is 11.0. The second-order valence-electron chi connectivity index (χ2n) is 4.46. The molecule has 0 aliphatic carbocycles. The van der Waals surface area contributed by atoms with Crippen LogP contribution in [0.1, 0.15) is 5.56 Å². The minimum atomic E-state index is -0.624. The summed E-state index contributed by atoms with van der Waals surface area (Å²) in [4.78, 5) is 0. The van der Waals surface area contributed by atoms with E-state index in [0.29, 0.717) is 12.4 Å². The van der Waals surface area contributed by atoms with Crippen LogP contribution in [0.25, 0.3) is 11.5 Å². The number of rotatable bonds is 4. The molecule has 0 fully saturated rings. The van der Waals surface area contributed by atoms with Crippen molar-refractivity contribution in [3.63, 3.8) is 0 Å². The summed E-state index contributed by atoms with van der Waals surface area (Å²) in [6.07, 6.45) is 1.28. The highest BCUT2D eigenvalue weighted by molar-refractivity contribution is 5.58. The second kappa shape index (κ2) is 5.62. The van der Waals surface area contributed by atoms with E-state index < -0.39 is 5.82 Å². The Morgan fingerprint density at radius 2 is 1.95 bits per heavy atom. The highest BCUT2D eigenvalue weighted by atomic mass is 19.1. The summed E-state index contributed by atoms with van der Waals surface area (Å²) in [5, 5.41) is 19.7. The molecule has 3 aromatic rings. The third kappa shape index (κ3) is 3.00. The number of anilines is 1. The number of nitrogens with zero attached hydrogens (tertiary/aromatic N) is 2. The van der Waals surface area contributed by atoms with Crippen molar-refractivity contribution >= 4 is 5.69 Å². The fourth-order valence-electron chi connectivity index (χ4n) is 1.89. The molecule has 6 heteroatoms. The molecular weight excluding hydrogens is 273 g/mol. The van der Waals surface area contributed by atoms with Crippen molar-refractivity contribution in [2.75, 3.05) is 5.32 Å². The molecule has 0 radical (unpaired) electrons. The van der Waals surface area contributed by atoms with Crippen molar-refractivity contribution in [3.05, 3.63) is 60.2 Å². The van der Waals surface area contributed by atoms with Gasteiger partial charge in [0.25, 0.3) is 0 Å². The predicted molar refractivity (Wildman–Crippen MR) is 75.1 cm³/mol. The zero-order valence-electron chi connectivity index (χ0n) is 11.0. The van der Waals surface area contributed by atoms with Crippen molar-refractivity contribution < 1.29 is 13.9 Å². The van der Waals surface area contributed by atoms with Gasteiger partial charge in [0.05, 0.1) is 0 Å². The minimum Gasteiger partial charge on any atom is -0.505 e. The lowest BCUT2D eigenvalue weighted by molar-refractivity contribution is 0.432. The first-order valence-corrected chi connectivity index (χ1v) is 6.30. The van der Waals surface area contributed by atoms with E-state index in [1.54, 1.807) is 6.07 Å². The molecule has 0 unspecified atom stereocenters. The summed E-state index contributed by atoms with van der Waals surface area (Å²) in [5.74, 6) is -0.508. The van der Waals surface area contributed by atoms with Gasteiger partial charge in [0.15, 0.2) is 11.6 Å². The Kier molecular flexibility index (Phi) is 3.51. The summed E-state index contributed by atoms with van der Waals surface area (Å²) in [6.45, 7) is 0.455. The van der Waals surface area contributed by atoms with Crippen LogP contribution in [0.15, 0.2) is 53.3 Å². The molecule has 106 valence electrons. The van der Waals surface area contributed by atoms with Crippen molar-refractivity contribution in [2.45, 2.75) is 6.54 Å². The van der Waals surface area contributed by atoms with Crippen LogP contribution >= 0.6 is 0 Å². The number of phenols is 1. The predicted octanol–water partition coefficient (Wildman–Crippen LogP) is 3.19. The number of hydrogen-bond acceptors (Lipinski definition) is 5. The fourth-order valence-corrected chi connectivity index (χ4v) is 1.89. The van der Waals surface area contributed by atoms with Gasteiger partial charge in [-0.05, 0) is 42.0 Å². The van der Waals surface area contributed by atoms with Gasteiger partial charge in [-0.1, -0.05) is 6.07 Å². The summed E-state index contributed by atoms with van der Waals surface area (Å²) < 4.78 is 18.3. The number of hydrogen-bond donors (Lipinski definition) is 2. The second-order valence-corrected chi connectivity index (χ2v) is 4.46.